The smallest absolute Gasteiger partial charge is 0.307 e. The Hall–Kier alpha value is -1.58. The number of carboxylic acids is 1. The molecular weight excluding hydrogens is 146 g/mol. The minimum Gasteiger partial charge on any atom is -0.619 e. The Morgan fingerprint density at radius 2 is 2.09 bits per heavy atom. The molecule has 0 aliphatic rings. The van der Waals surface area contributed by atoms with Gasteiger partial charge in [-0.2, -0.15) is 4.73 Å². The number of pyridine rings is 1. The molecule has 0 spiro atoms. The summed E-state index contributed by atoms with van der Waals surface area (Å²) in [6.07, 6.45) is 2.51. The van der Waals surface area contributed by atoms with Crippen molar-refractivity contribution in [3.8, 4) is 0 Å². The molecule has 0 saturated carbocycles. The van der Waals surface area contributed by atoms with Gasteiger partial charge in [0, 0.05) is 12.1 Å². The molecule has 0 amide bonds. The maximum Gasteiger partial charge on any atom is 0.307 e. The van der Waals surface area contributed by atoms with Crippen LogP contribution in [0.1, 0.15) is 5.56 Å². The summed E-state index contributed by atoms with van der Waals surface area (Å²) < 4.78 is 0.616. The van der Waals surface area contributed by atoms with E-state index in [0.29, 0.717) is 10.3 Å². The molecule has 0 atom stereocenters. The fraction of sp³-hybridized carbons (Fsp3) is 0.143. The van der Waals surface area contributed by atoms with Crippen molar-refractivity contribution in [2.45, 2.75) is 6.42 Å². The molecule has 1 aromatic heterocycles. The molecule has 1 N–H and O–H groups in total. The fourth-order valence-corrected chi connectivity index (χ4v) is 0.736. The SMILES string of the molecule is O=C(O)Cc1cc[n+]([O-])cc1. The zero-order valence-electron chi connectivity index (χ0n) is 5.73. The molecule has 0 aliphatic heterocycles. The second-order valence-corrected chi connectivity index (χ2v) is 2.14. The van der Waals surface area contributed by atoms with E-state index in [1.165, 1.54) is 24.5 Å². The van der Waals surface area contributed by atoms with E-state index >= 15 is 0 Å². The molecule has 0 saturated heterocycles. The molecule has 0 unspecified atom stereocenters. The Kier molecular flexibility index (Phi) is 2.06. The van der Waals surface area contributed by atoms with E-state index in [2.05, 4.69) is 0 Å². The van der Waals surface area contributed by atoms with Crippen LogP contribution in [0.25, 0.3) is 0 Å². The third-order valence-electron chi connectivity index (χ3n) is 1.23. The van der Waals surface area contributed by atoms with Gasteiger partial charge < -0.3 is 10.3 Å². The van der Waals surface area contributed by atoms with E-state index in [4.69, 9.17) is 5.11 Å². The average molecular weight is 153 g/mol. The van der Waals surface area contributed by atoms with Crippen LogP contribution in [0.5, 0.6) is 0 Å². The van der Waals surface area contributed by atoms with E-state index in [9.17, 15) is 10.0 Å². The molecule has 4 nitrogen and oxygen atoms in total. The number of carbonyl (C=O) groups is 1. The van der Waals surface area contributed by atoms with E-state index in [1.807, 2.05) is 0 Å². The number of aliphatic carboxylic acids is 1. The first-order chi connectivity index (χ1) is 5.18. The van der Waals surface area contributed by atoms with Crippen LogP contribution in [0.4, 0.5) is 0 Å². The first-order valence-electron chi connectivity index (χ1n) is 3.08. The summed E-state index contributed by atoms with van der Waals surface area (Å²) in [6.45, 7) is 0. The number of nitrogens with zero attached hydrogens (tertiary/aromatic N) is 1. The Morgan fingerprint density at radius 1 is 1.55 bits per heavy atom. The molecule has 4 heteroatoms. The van der Waals surface area contributed by atoms with Gasteiger partial charge in [-0.15, -0.1) is 0 Å². The van der Waals surface area contributed by atoms with Crippen molar-refractivity contribution in [3.05, 3.63) is 35.3 Å². The molecule has 11 heavy (non-hydrogen) atoms. The van der Waals surface area contributed by atoms with Crippen LogP contribution < -0.4 is 4.73 Å². The Labute approximate surface area is 63.3 Å². The van der Waals surface area contributed by atoms with Gasteiger partial charge in [0.25, 0.3) is 0 Å². The summed E-state index contributed by atoms with van der Waals surface area (Å²) in [5.74, 6) is -0.895. The summed E-state index contributed by atoms with van der Waals surface area (Å²) in [5.41, 5.74) is 0.629. The number of aromatic nitrogens is 1. The van der Waals surface area contributed by atoms with E-state index in [1.54, 1.807) is 0 Å². The highest BCUT2D eigenvalue weighted by Crippen LogP contribution is 1.95. The minimum absolute atomic E-state index is 0.0408. The van der Waals surface area contributed by atoms with Gasteiger partial charge in [-0.1, -0.05) is 0 Å². The Morgan fingerprint density at radius 3 is 2.55 bits per heavy atom. The second kappa shape index (κ2) is 3.01. The van der Waals surface area contributed by atoms with Crippen molar-refractivity contribution in [2.24, 2.45) is 0 Å². The summed E-state index contributed by atoms with van der Waals surface area (Å²) in [4.78, 5) is 10.2. The maximum atomic E-state index is 10.5. The lowest BCUT2D eigenvalue weighted by atomic mass is 10.2. The van der Waals surface area contributed by atoms with E-state index < -0.39 is 5.97 Å². The number of hydrogen-bond donors (Lipinski definition) is 1. The highest BCUT2D eigenvalue weighted by molar-refractivity contribution is 5.69. The lowest BCUT2D eigenvalue weighted by Crippen LogP contribution is -2.24. The zero-order chi connectivity index (χ0) is 8.27. The molecule has 58 valence electrons. The summed E-state index contributed by atoms with van der Waals surface area (Å²) in [5, 5.41) is 18.8. The third-order valence-corrected chi connectivity index (χ3v) is 1.23. The first-order valence-corrected chi connectivity index (χ1v) is 3.08. The monoisotopic (exact) mass is 153 g/mol. The normalized spacial score (nSPS) is 9.45. The zero-order valence-corrected chi connectivity index (χ0v) is 5.73. The van der Waals surface area contributed by atoms with Gasteiger partial charge in [-0.25, -0.2) is 0 Å². The van der Waals surface area contributed by atoms with Gasteiger partial charge in [0.1, 0.15) is 0 Å². The summed E-state index contributed by atoms with van der Waals surface area (Å²) in [6, 6.07) is 2.97. The lowest BCUT2D eigenvalue weighted by Gasteiger charge is -1.96. The highest BCUT2D eigenvalue weighted by atomic mass is 16.5. The number of rotatable bonds is 2. The van der Waals surface area contributed by atoms with Crippen molar-refractivity contribution >= 4 is 5.97 Å². The molecule has 0 aliphatic carbocycles. The van der Waals surface area contributed by atoms with Crippen LogP contribution in [-0.4, -0.2) is 11.1 Å². The predicted molar refractivity (Wildman–Crippen MR) is 36.7 cm³/mol. The first kappa shape index (κ1) is 7.53. The van der Waals surface area contributed by atoms with E-state index in [-0.39, 0.29) is 6.42 Å². The van der Waals surface area contributed by atoms with Gasteiger partial charge in [-0.05, 0) is 5.56 Å². The lowest BCUT2D eigenvalue weighted by molar-refractivity contribution is -0.605. The molecule has 1 aromatic rings. The quantitative estimate of drug-likeness (QED) is 0.478. The van der Waals surface area contributed by atoms with Crippen LogP contribution in [0, 0.1) is 5.21 Å². The molecule has 0 bridgehead atoms. The van der Waals surface area contributed by atoms with Crippen molar-refractivity contribution in [3.63, 3.8) is 0 Å². The molecule has 0 fully saturated rings. The summed E-state index contributed by atoms with van der Waals surface area (Å²) >= 11 is 0. The molecule has 1 rings (SSSR count). The van der Waals surface area contributed by atoms with Crippen LogP contribution in [0.3, 0.4) is 0 Å². The Balaban J connectivity index is 2.74. The van der Waals surface area contributed by atoms with Gasteiger partial charge in [0.15, 0.2) is 12.4 Å². The molecule has 0 radical (unpaired) electrons. The maximum absolute atomic E-state index is 10.5. The molecular formula is C7H7NO3. The molecule has 1 heterocycles. The largest absolute Gasteiger partial charge is 0.619 e. The van der Waals surface area contributed by atoms with Crippen LogP contribution >= 0.6 is 0 Å². The van der Waals surface area contributed by atoms with Crippen LogP contribution in [0.2, 0.25) is 0 Å². The number of hydrogen-bond acceptors (Lipinski definition) is 2. The van der Waals surface area contributed by atoms with Gasteiger partial charge >= 0.3 is 5.97 Å². The average Bonchev–Trinajstić information content (AvgIpc) is 1.93. The van der Waals surface area contributed by atoms with Gasteiger partial charge in [0.05, 0.1) is 6.42 Å². The van der Waals surface area contributed by atoms with Gasteiger partial charge in [-0.3, -0.25) is 4.79 Å². The fourth-order valence-electron chi connectivity index (χ4n) is 0.736. The highest BCUT2D eigenvalue weighted by Gasteiger charge is 2.00. The third kappa shape index (κ3) is 2.25. The molecule has 0 aromatic carbocycles. The van der Waals surface area contributed by atoms with Crippen molar-refractivity contribution in [1.29, 1.82) is 0 Å². The van der Waals surface area contributed by atoms with Gasteiger partial charge in [0.2, 0.25) is 0 Å². The standard InChI is InChI=1S/C7H7NO3/c9-7(10)5-6-1-3-8(11)4-2-6/h1-4H,5H2,(H,9,10). The van der Waals surface area contributed by atoms with E-state index in [0.717, 1.165) is 0 Å². The second-order valence-electron chi connectivity index (χ2n) is 2.14. The Bertz CT molecular complexity index is 255. The number of carboxylic acid groups (broad SMARTS) is 1. The van der Waals surface area contributed by atoms with Crippen molar-refractivity contribution in [1.82, 2.24) is 0 Å². The van der Waals surface area contributed by atoms with Crippen LogP contribution in [-0.2, 0) is 11.2 Å². The topological polar surface area (TPSA) is 64.2 Å². The van der Waals surface area contributed by atoms with Crippen LogP contribution in [0.15, 0.2) is 24.5 Å². The van der Waals surface area contributed by atoms with Crippen molar-refractivity contribution in [2.75, 3.05) is 0 Å². The summed E-state index contributed by atoms with van der Waals surface area (Å²) in [7, 11) is 0. The minimum atomic E-state index is -0.895. The van der Waals surface area contributed by atoms with Crippen molar-refractivity contribution < 1.29 is 14.6 Å². The predicted octanol–water partition coefficient (Wildman–Crippen LogP) is -0.0529.